The Morgan fingerprint density at radius 1 is 1.12 bits per heavy atom. The molecule has 5 heteroatoms. The molecule has 0 bridgehead atoms. The van der Waals surface area contributed by atoms with Gasteiger partial charge in [-0.05, 0) is 48.4 Å². The first-order chi connectivity index (χ1) is 11.5. The number of amides is 1. The fourth-order valence-electron chi connectivity index (χ4n) is 2.21. The maximum atomic E-state index is 12.3. The van der Waals surface area contributed by atoms with Gasteiger partial charge in [-0.3, -0.25) is 4.79 Å². The summed E-state index contributed by atoms with van der Waals surface area (Å²) < 4.78 is 5.74. The van der Waals surface area contributed by atoms with E-state index in [-0.39, 0.29) is 5.91 Å². The van der Waals surface area contributed by atoms with Crippen molar-refractivity contribution in [2.75, 3.05) is 19.0 Å². The number of benzene rings is 2. The Morgan fingerprint density at radius 3 is 2.29 bits per heavy atom. The molecule has 0 aliphatic rings. The first kappa shape index (κ1) is 18.1. The van der Waals surface area contributed by atoms with Crippen molar-refractivity contribution in [3.63, 3.8) is 0 Å². The molecule has 128 valence electrons. The molecule has 2 aromatic rings. The van der Waals surface area contributed by atoms with E-state index in [0.29, 0.717) is 23.7 Å². The summed E-state index contributed by atoms with van der Waals surface area (Å²) in [5, 5.41) is 3.57. The number of nitrogens with one attached hydrogen (secondary N) is 1. The van der Waals surface area contributed by atoms with Gasteiger partial charge in [0.15, 0.2) is 6.10 Å². The minimum absolute atomic E-state index is 0.121. The molecule has 24 heavy (non-hydrogen) atoms. The van der Waals surface area contributed by atoms with E-state index >= 15 is 0 Å². The lowest BCUT2D eigenvalue weighted by Crippen LogP contribution is -2.37. The van der Waals surface area contributed by atoms with Crippen molar-refractivity contribution in [3.8, 4) is 5.75 Å². The zero-order valence-electron chi connectivity index (χ0n) is 14.3. The standard InChI is InChI=1S/C19H23ClN2O2/c1-4-18(24-17-11-7-15(20)8-12-17)19(23)21-13-14-5-9-16(10-6-14)22(2)3/h5-12,18H,4,13H2,1-3H3,(H,21,23). The van der Waals surface area contributed by atoms with Gasteiger partial charge in [-0.25, -0.2) is 0 Å². The highest BCUT2D eigenvalue weighted by atomic mass is 35.5. The Balaban J connectivity index is 1.90. The molecule has 0 aromatic heterocycles. The van der Waals surface area contributed by atoms with Crippen molar-refractivity contribution in [2.45, 2.75) is 26.0 Å². The van der Waals surface area contributed by atoms with Crippen molar-refractivity contribution in [1.29, 1.82) is 0 Å². The second-order valence-electron chi connectivity index (χ2n) is 5.75. The van der Waals surface area contributed by atoms with E-state index < -0.39 is 6.10 Å². The maximum Gasteiger partial charge on any atom is 0.261 e. The second kappa shape index (κ2) is 8.60. The summed E-state index contributed by atoms with van der Waals surface area (Å²) in [5.41, 5.74) is 2.18. The van der Waals surface area contributed by atoms with Gasteiger partial charge in [0.2, 0.25) is 0 Å². The number of halogens is 1. The van der Waals surface area contributed by atoms with Crippen LogP contribution in [-0.4, -0.2) is 26.1 Å². The third-order valence-corrected chi connectivity index (χ3v) is 3.93. The molecule has 1 unspecified atom stereocenters. The average Bonchev–Trinajstić information content (AvgIpc) is 2.59. The van der Waals surface area contributed by atoms with Gasteiger partial charge in [-0.2, -0.15) is 0 Å². The number of rotatable bonds is 7. The van der Waals surface area contributed by atoms with Crippen molar-refractivity contribution < 1.29 is 9.53 Å². The van der Waals surface area contributed by atoms with E-state index in [0.717, 1.165) is 11.3 Å². The lowest BCUT2D eigenvalue weighted by atomic mass is 10.2. The molecule has 0 aliphatic carbocycles. The Hall–Kier alpha value is -2.20. The maximum absolute atomic E-state index is 12.3. The van der Waals surface area contributed by atoms with Gasteiger partial charge in [0.05, 0.1) is 0 Å². The van der Waals surface area contributed by atoms with Crippen LogP contribution in [0.25, 0.3) is 0 Å². The molecule has 1 amide bonds. The summed E-state index contributed by atoms with van der Waals surface area (Å²) in [7, 11) is 3.99. The first-order valence-corrected chi connectivity index (χ1v) is 8.33. The number of hydrogen-bond acceptors (Lipinski definition) is 3. The Morgan fingerprint density at radius 2 is 1.75 bits per heavy atom. The minimum atomic E-state index is -0.521. The Kier molecular flexibility index (Phi) is 6.50. The number of anilines is 1. The predicted molar refractivity (Wildman–Crippen MR) is 98.8 cm³/mol. The predicted octanol–water partition coefficient (Wildman–Crippen LogP) is 3.88. The van der Waals surface area contributed by atoms with Gasteiger partial charge in [0.25, 0.3) is 5.91 Å². The van der Waals surface area contributed by atoms with Crippen molar-refractivity contribution >= 4 is 23.2 Å². The molecule has 1 N–H and O–H groups in total. The van der Waals surface area contributed by atoms with Crippen molar-refractivity contribution in [2.24, 2.45) is 0 Å². The molecular weight excluding hydrogens is 324 g/mol. The minimum Gasteiger partial charge on any atom is -0.481 e. The molecule has 4 nitrogen and oxygen atoms in total. The van der Waals surface area contributed by atoms with Crippen LogP contribution in [-0.2, 0) is 11.3 Å². The summed E-state index contributed by atoms with van der Waals surface area (Å²) >= 11 is 5.85. The molecule has 0 spiro atoms. The van der Waals surface area contributed by atoms with Gasteiger partial charge >= 0.3 is 0 Å². The number of carbonyl (C=O) groups is 1. The summed E-state index contributed by atoms with van der Waals surface area (Å²) in [6.07, 6.45) is 0.0702. The highest BCUT2D eigenvalue weighted by Gasteiger charge is 2.18. The molecule has 0 fully saturated rings. The third kappa shape index (κ3) is 5.17. The third-order valence-electron chi connectivity index (χ3n) is 3.67. The first-order valence-electron chi connectivity index (χ1n) is 7.95. The second-order valence-corrected chi connectivity index (χ2v) is 6.18. The topological polar surface area (TPSA) is 41.6 Å². The molecule has 0 saturated heterocycles. The quantitative estimate of drug-likeness (QED) is 0.827. The zero-order chi connectivity index (χ0) is 17.5. The van der Waals surface area contributed by atoms with E-state index in [4.69, 9.17) is 16.3 Å². The molecule has 0 aliphatic heterocycles. The van der Waals surface area contributed by atoms with Crippen LogP contribution in [0.4, 0.5) is 5.69 Å². The number of carbonyl (C=O) groups excluding carboxylic acids is 1. The van der Waals surface area contributed by atoms with E-state index in [1.54, 1.807) is 24.3 Å². The zero-order valence-corrected chi connectivity index (χ0v) is 15.0. The SMILES string of the molecule is CCC(Oc1ccc(Cl)cc1)C(=O)NCc1ccc(N(C)C)cc1. The summed E-state index contributed by atoms with van der Waals surface area (Å²) in [6, 6.07) is 15.1. The molecule has 2 aromatic carbocycles. The van der Waals surface area contributed by atoms with Crippen molar-refractivity contribution in [3.05, 3.63) is 59.1 Å². The molecular formula is C19H23ClN2O2. The van der Waals surface area contributed by atoms with Crippen molar-refractivity contribution in [1.82, 2.24) is 5.32 Å². The lowest BCUT2D eigenvalue weighted by Gasteiger charge is -2.18. The normalized spacial score (nSPS) is 11.7. The monoisotopic (exact) mass is 346 g/mol. The largest absolute Gasteiger partial charge is 0.481 e. The molecule has 0 saturated carbocycles. The molecule has 1 atom stereocenters. The average molecular weight is 347 g/mol. The van der Waals surface area contributed by atoms with E-state index in [1.807, 2.05) is 50.2 Å². The van der Waals surface area contributed by atoms with Crippen LogP contribution < -0.4 is 15.0 Å². The summed E-state index contributed by atoms with van der Waals surface area (Å²) in [4.78, 5) is 14.4. The van der Waals surface area contributed by atoms with Crippen LogP contribution in [0, 0.1) is 0 Å². The van der Waals surface area contributed by atoms with E-state index in [2.05, 4.69) is 5.32 Å². The fraction of sp³-hybridized carbons (Fsp3) is 0.316. The van der Waals surface area contributed by atoms with Crippen LogP contribution in [0.2, 0.25) is 5.02 Å². The fourth-order valence-corrected chi connectivity index (χ4v) is 2.34. The summed E-state index contributed by atoms with van der Waals surface area (Å²) in [5.74, 6) is 0.515. The number of nitrogens with zero attached hydrogens (tertiary/aromatic N) is 1. The molecule has 0 radical (unpaired) electrons. The van der Waals surface area contributed by atoms with Crippen LogP contribution in [0.15, 0.2) is 48.5 Å². The molecule has 0 heterocycles. The van der Waals surface area contributed by atoms with Crippen LogP contribution in [0.3, 0.4) is 0 Å². The number of ether oxygens (including phenoxy) is 1. The van der Waals surface area contributed by atoms with Gasteiger partial charge in [0.1, 0.15) is 5.75 Å². The van der Waals surface area contributed by atoms with Crippen LogP contribution in [0.5, 0.6) is 5.75 Å². The molecule has 2 rings (SSSR count). The van der Waals surface area contributed by atoms with Gasteiger partial charge in [-0.15, -0.1) is 0 Å². The lowest BCUT2D eigenvalue weighted by molar-refractivity contribution is -0.128. The van der Waals surface area contributed by atoms with Gasteiger partial charge in [0, 0.05) is 31.4 Å². The van der Waals surface area contributed by atoms with E-state index in [1.165, 1.54) is 0 Å². The Labute approximate surface area is 148 Å². The summed E-state index contributed by atoms with van der Waals surface area (Å²) in [6.45, 7) is 2.40. The van der Waals surface area contributed by atoms with Crippen LogP contribution in [0.1, 0.15) is 18.9 Å². The van der Waals surface area contributed by atoms with E-state index in [9.17, 15) is 4.79 Å². The highest BCUT2D eigenvalue weighted by Crippen LogP contribution is 2.18. The van der Waals surface area contributed by atoms with Gasteiger partial charge in [-0.1, -0.05) is 30.7 Å². The smallest absolute Gasteiger partial charge is 0.261 e. The van der Waals surface area contributed by atoms with Crippen LogP contribution >= 0.6 is 11.6 Å². The Bertz CT molecular complexity index is 654. The van der Waals surface area contributed by atoms with Gasteiger partial charge < -0.3 is 15.0 Å². The number of hydrogen-bond donors (Lipinski definition) is 1. The highest BCUT2D eigenvalue weighted by molar-refractivity contribution is 6.30.